The maximum absolute atomic E-state index is 12.8. The highest BCUT2D eigenvalue weighted by Crippen LogP contribution is 2.38. The number of carboxylic acids is 1. The van der Waals surface area contributed by atoms with Gasteiger partial charge in [-0.1, -0.05) is 103 Å². The summed E-state index contributed by atoms with van der Waals surface area (Å²) in [5.74, 6) is -0.915. The first-order valence-electron chi connectivity index (χ1n) is 11.8. The fourth-order valence-corrected chi connectivity index (χ4v) is 5.32. The highest BCUT2D eigenvalue weighted by Gasteiger charge is 2.40. The van der Waals surface area contributed by atoms with Crippen LogP contribution in [-0.2, 0) is 16.8 Å². The molecule has 0 aliphatic heterocycles. The van der Waals surface area contributed by atoms with Gasteiger partial charge in [0.1, 0.15) is 6.04 Å². The minimum atomic E-state index is -0.915. The minimum Gasteiger partial charge on any atom is -0.480 e. The van der Waals surface area contributed by atoms with Crippen LogP contribution < -0.4 is 5.32 Å². The molecule has 0 bridgehead atoms. The Hall–Kier alpha value is -3.80. The fourth-order valence-electron chi connectivity index (χ4n) is 4.87. The SMILES string of the molecule is O=C(O)C(Cc1ccc(Br)c2ncccc12)NC(c1ccccc1)(c1ccccc1)c1ccccc1. The highest BCUT2D eigenvalue weighted by molar-refractivity contribution is 9.10. The predicted octanol–water partition coefficient (Wildman–Crippen LogP) is 6.57. The molecule has 36 heavy (non-hydrogen) atoms. The molecule has 4 nitrogen and oxygen atoms in total. The van der Waals surface area contributed by atoms with Gasteiger partial charge in [-0.15, -0.1) is 0 Å². The van der Waals surface area contributed by atoms with E-state index in [1.54, 1.807) is 6.20 Å². The van der Waals surface area contributed by atoms with Crippen molar-refractivity contribution in [3.05, 3.63) is 148 Å². The fraction of sp³-hybridized carbons (Fsp3) is 0.0968. The number of aliphatic carboxylic acids is 1. The monoisotopic (exact) mass is 536 g/mol. The second-order valence-electron chi connectivity index (χ2n) is 8.69. The van der Waals surface area contributed by atoms with Crippen LogP contribution >= 0.6 is 15.9 Å². The number of carboxylic acid groups (broad SMARTS) is 1. The van der Waals surface area contributed by atoms with Crippen molar-refractivity contribution in [2.45, 2.75) is 18.0 Å². The Bertz CT molecular complexity index is 1380. The summed E-state index contributed by atoms with van der Waals surface area (Å²) in [6, 6.07) is 37.0. The Morgan fingerprint density at radius 3 is 1.81 bits per heavy atom. The normalized spacial score (nSPS) is 12.4. The first kappa shape index (κ1) is 23.9. The number of halogens is 1. The molecule has 0 saturated heterocycles. The molecule has 0 fully saturated rings. The van der Waals surface area contributed by atoms with Crippen LogP contribution in [0.5, 0.6) is 0 Å². The Morgan fingerprint density at radius 1 is 0.778 bits per heavy atom. The Labute approximate surface area is 218 Å². The summed E-state index contributed by atoms with van der Waals surface area (Å²) in [5, 5.41) is 15.0. The lowest BCUT2D eigenvalue weighted by molar-refractivity contribution is -0.139. The Kier molecular flexibility index (Phi) is 6.94. The van der Waals surface area contributed by atoms with Gasteiger partial charge in [0, 0.05) is 16.1 Å². The van der Waals surface area contributed by atoms with E-state index in [1.807, 2.05) is 115 Å². The molecule has 4 aromatic carbocycles. The van der Waals surface area contributed by atoms with Gasteiger partial charge >= 0.3 is 5.97 Å². The number of aromatic nitrogens is 1. The van der Waals surface area contributed by atoms with E-state index in [-0.39, 0.29) is 0 Å². The van der Waals surface area contributed by atoms with Crippen LogP contribution in [0.25, 0.3) is 10.9 Å². The number of pyridine rings is 1. The number of rotatable bonds is 8. The number of carbonyl (C=O) groups is 1. The molecule has 1 aromatic heterocycles. The van der Waals surface area contributed by atoms with Crippen molar-refractivity contribution in [2.24, 2.45) is 0 Å². The zero-order valence-corrected chi connectivity index (χ0v) is 21.1. The van der Waals surface area contributed by atoms with E-state index in [0.717, 1.165) is 37.6 Å². The van der Waals surface area contributed by atoms with Crippen LogP contribution in [0.3, 0.4) is 0 Å². The molecule has 5 aromatic rings. The van der Waals surface area contributed by atoms with Crippen molar-refractivity contribution in [2.75, 3.05) is 0 Å². The van der Waals surface area contributed by atoms with Crippen LogP contribution in [0.1, 0.15) is 22.3 Å². The third-order valence-corrected chi connectivity index (χ3v) is 7.18. The molecule has 0 spiro atoms. The highest BCUT2D eigenvalue weighted by atomic mass is 79.9. The van der Waals surface area contributed by atoms with E-state index in [1.165, 1.54) is 0 Å². The molecule has 1 heterocycles. The molecule has 5 heteroatoms. The summed E-state index contributed by atoms with van der Waals surface area (Å²) < 4.78 is 0.883. The number of hydrogen-bond acceptors (Lipinski definition) is 3. The zero-order chi connectivity index (χ0) is 25.0. The molecular formula is C31H25BrN2O2. The third-order valence-electron chi connectivity index (χ3n) is 6.54. The largest absolute Gasteiger partial charge is 0.480 e. The summed E-state index contributed by atoms with van der Waals surface area (Å²) in [6.45, 7) is 0. The van der Waals surface area contributed by atoms with Gasteiger partial charge in [0.05, 0.1) is 11.1 Å². The Balaban J connectivity index is 1.68. The van der Waals surface area contributed by atoms with Gasteiger partial charge in [-0.3, -0.25) is 15.1 Å². The molecule has 1 unspecified atom stereocenters. The summed E-state index contributed by atoms with van der Waals surface area (Å²) in [4.78, 5) is 17.3. The topological polar surface area (TPSA) is 62.2 Å². The molecule has 0 aliphatic carbocycles. The van der Waals surface area contributed by atoms with Crippen molar-refractivity contribution >= 4 is 32.8 Å². The lowest BCUT2D eigenvalue weighted by Gasteiger charge is -2.39. The van der Waals surface area contributed by atoms with Gasteiger partial charge in [-0.2, -0.15) is 0 Å². The number of fused-ring (bicyclic) bond motifs is 1. The standard InChI is InChI=1S/C31H25BrN2O2/c32-27-19-18-22(26-17-10-20-33-29(26)27)21-28(30(35)36)34-31(23-11-4-1-5-12-23,24-13-6-2-7-14-24)25-15-8-3-9-16-25/h1-20,28,34H,21H2,(H,35,36). The van der Waals surface area contributed by atoms with Gasteiger partial charge in [-0.05, 0) is 56.7 Å². The quantitative estimate of drug-likeness (QED) is 0.220. The second kappa shape index (κ2) is 10.4. The van der Waals surface area contributed by atoms with Crippen LogP contribution in [0.15, 0.2) is 126 Å². The molecule has 178 valence electrons. The van der Waals surface area contributed by atoms with E-state index >= 15 is 0 Å². The summed E-state index contributed by atoms with van der Waals surface area (Å²) in [5.41, 5.74) is 3.77. The zero-order valence-electron chi connectivity index (χ0n) is 19.5. The molecule has 1 atom stereocenters. The number of hydrogen-bond donors (Lipinski definition) is 2. The average molecular weight is 537 g/mol. The van der Waals surface area contributed by atoms with E-state index in [9.17, 15) is 9.90 Å². The van der Waals surface area contributed by atoms with Crippen molar-refractivity contribution in [3.8, 4) is 0 Å². The number of benzene rings is 4. The predicted molar refractivity (Wildman–Crippen MR) is 147 cm³/mol. The first-order valence-corrected chi connectivity index (χ1v) is 12.6. The van der Waals surface area contributed by atoms with Crippen LogP contribution in [-0.4, -0.2) is 22.1 Å². The van der Waals surface area contributed by atoms with Crippen molar-refractivity contribution in [1.82, 2.24) is 10.3 Å². The maximum atomic E-state index is 12.8. The van der Waals surface area contributed by atoms with E-state index < -0.39 is 17.6 Å². The lowest BCUT2D eigenvalue weighted by atomic mass is 9.76. The van der Waals surface area contributed by atoms with Gasteiger partial charge in [-0.25, -0.2) is 0 Å². The molecule has 0 amide bonds. The van der Waals surface area contributed by atoms with E-state index in [4.69, 9.17) is 0 Å². The van der Waals surface area contributed by atoms with Crippen LogP contribution in [0, 0.1) is 0 Å². The van der Waals surface area contributed by atoms with Crippen LogP contribution in [0.4, 0.5) is 0 Å². The number of nitrogens with zero attached hydrogens (tertiary/aromatic N) is 1. The molecule has 0 aliphatic rings. The van der Waals surface area contributed by atoms with Crippen molar-refractivity contribution in [1.29, 1.82) is 0 Å². The lowest BCUT2D eigenvalue weighted by Crippen LogP contribution is -2.53. The molecule has 5 rings (SSSR count). The molecule has 0 radical (unpaired) electrons. The van der Waals surface area contributed by atoms with E-state index in [0.29, 0.717) is 6.42 Å². The Morgan fingerprint density at radius 2 is 1.31 bits per heavy atom. The minimum absolute atomic E-state index is 0.291. The summed E-state index contributed by atoms with van der Waals surface area (Å²) >= 11 is 3.57. The second-order valence-corrected chi connectivity index (χ2v) is 9.55. The smallest absolute Gasteiger partial charge is 0.321 e. The van der Waals surface area contributed by atoms with Gasteiger partial charge in [0.25, 0.3) is 0 Å². The average Bonchev–Trinajstić information content (AvgIpc) is 2.94. The first-order chi connectivity index (χ1) is 17.6. The molecule has 0 saturated carbocycles. The summed E-state index contributed by atoms with van der Waals surface area (Å²) in [6.07, 6.45) is 2.04. The van der Waals surface area contributed by atoms with Crippen LogP contribution in [0.2, 0.25) is 0 Å². The van der Waals surface area contributed by atoms with E-state index in [2.05, 4.69) is 26.2 Å². The van der Waals surface area contributed by atoms with Crippen molar-refractivity contribution < 1.29 is 9.90 Å². The van der Waals surface area contributed by atoms with Gasteiger partial charge in [0.2, 0.25) is 0 Å². The maximum Gasteiger partial charge on any atom is 0.321 e. The van der Waals surface area contributed by atoms with Gasteiger partial charge in [0.15, 0.2) is 0 Å². The van der Waals surface area contributed by atoms with Gasteiger partial charge < -0.3 is 5.11 Å². The number of nitrogens with one attached hydrogen (secondary N) is 1. The molecule has 2 N–H and O–H groups in total. The third kappa shape index (κ3) is 4.55. The summed E-state index contributed by atoms with van der Waals surface area (Å²) in [7, 11) is 0. The molecular weight excluding hydrogens is 512 g/mol. The van der Waals surface area contributed by atoms with Crippen molar-refractivity contribution in [3.63, 3.8) is 0 Å².